The third-order valence-corrected chi connectivity index (χ3v) is 5.54. The molecule has 0 aliphatic carbocycles. The van der Waals surface area contributed by atoms with E-state index in [9.17, 15) is 9.59 Å². The zero-order valence-electron chi connectivity index (χ0n) is 15.1. The first-order valence-corrected chi connectivity index (χ1v) is 9.35. The van der Waals surface area contributed by atoms with Crippen molar-refractivity contribution in [2.75, 3.05) is 24.7 Å². The maximum atomic E-state index is 12.4. The van der Waals surface area contributed by atoms with Crippen LogP contribution in [-0.2, 0) is 11.2 Å². The number of carbonyl (C=O) groups excluding carboxylic acids is 2. The van der Waals surface area contributed by atoms with Crippen LogP contribution in [0.2, 0.25) is 0 Å². The lowest BCUT2D eigenvalue weighted by Crippen LogP contribution is -2.44. The predicted octanol–water partition coefficient (Wildman–Crippen LogP) is 3.44. The van der Waals surface area contributed by atoms with Crippen molar-refractivity contribution < 1.29 is 9.59 Å². The molecule has 0 spiro atoms. The number of rotatable bonds is 4. The molecule has 134 valence electrons. The molecule has 0 radical (unpaired) electrons. The summed E-state index contributed by atoms with van der Waals surface area (Å²) in [6.45, 7) is 4.39. The number of aryl methyl sites for hydroxylation is 1. The second-order valence-electron chi connectivity index (χ2n) is 7.48. The van der Waals surface area contributed by atoms with Crippen molar-refractivity contribution >= 4 is 17.4 Å². The Kier molecular flexibility index (Phi) is 4.60. The Morgan fingerprint density at radius 2 is 1.73 bits per heavy atom. The zero-order valence-corrected chi connectivity index (χ0v) is 15.1. The highest BCUT2D eigenvalue weighted by molar-refractivity contribution is 6.52. The number of Topliss-reactive ketones (excluding diaryl/α,β-unsaturated/α-hetero) is 1. The molecule has 4 heteroatoms. The fraction of sp³-hybridized carbons (Fsp3) is 0.364. The van der Waals surface area contributed by atoms with Gasteiger partial charge in [-0.1, -0.05) is 42.0 Å². The molecule has 4 nitrogen and oxygen atoms in total. The number of hydrogen-bond donors (Lipinski definition) is 0. The van der Waals surface area contributed by atoms with Gasteiger partial charge in [0.2, 0.25) is 0 Å². The van der Waals surface area contributed by atoms with Gasteiger partial charge in [0.1, 0.15) is 0 Å². The molecule has 2 aromatic carbocycles. The van der Waals surface area contributed by atoms with Crippen LogP contribution < -0.4 is 4.90 Å². The van der Waals surface area contributed by atoms with Crippen molar-refractivity contribution in [3.8, 4) is 0 Å². The molecule has 2 aliphatic rings. The summed E-state index contributed by atoms with van der Waals surface area (Å²) in [4.78, 5) is 28.6. The summed E-state index contributed by atoms with van der Waals surface area (Å²) in [6, 6.07) is 16.3. The average Bonchev–Trinajstić information content (AvgIpc) is 2.89. The second kappa shape index (κ2) is 7.04. The molecule has 1 amide bonds. The third kappa shape index (κ3) is 3.29. The number of likely N-dealkylation sites (tertiary alicyclic amines) is 1. The Bertz CT molecular complexity index is 823. The van der Waals surface area contributed by atoms with E-state index in [2.05, 4.69) is 35.2 Å². The van der Waals surface area contributed by atoms with Crippen LogP contribution in [0.5, 0.6) is 0 Å². The van der Waals surface area contributed by atoms with E-state index in [-0.39, 0.29) is 5.78 Å². The van der Waals surface area contributed by atoms with Crippen LogP contribution in [-0.4, -0.2) is 36.3 Å². The Hall–Kier alpha value is -2.46. The Labute approximate surface area is 154 Å². The Morgan fingerprint density at radius 3 is 2.46 bits per heavy atom. The second-order valence-corrected chi connectivity index (χ2v) is 7.48. The minimum absolute atomic E-state index is 0.373. The average molecular weight is 348 g/mol. The van der Waals surface area contributed by atoms with Gasteiger partial charge >= 0.3 is 5.91 Å². The van der Waals surface area contributed by atoms with E-state index in [0.717, 1.165) is 43.6 Å². The van der Waals surface area contributed by atoms with Crippen molar-refractivity contribution in [1.29, 1.82) is 0 Å². The van der Waals surface area contributed by atoms with Gasteiger partial charge in [0, 0.05) is 13.1 Å². The highest BCUT2D eigenvalue weighted by Crippen LogP contribution is 2.31. The summed E-state index contributed by atoms with van der Waals surface area (Å²) in [5.41, 5.74) is 3.72. The molecule has 0 bridgehead atoms. The molecule has 0 unspecified atom stereocenters. The van der Waals surface area contributed by atoms with Gasteiger partial charge in [-0.05, 0) is 49.8 Å². The van der Waals surface area contributed by atoms with E-state index in [1.165, 1.54) is 5.56 Å². The number of piperidine rings is 1. The van der Waals surface area contributed by atoms with Crippen LogP contribution >= 0.6 is 0 Å². The summed E-state index contributed by atoms with van der Waals surface area (Å²) < 4.78 is 0. The van der Waals surface area contributed by atoms with E-state index in [1.807, 2.05) is 25.1 Å². The van der Waals surface area contributed by atoms with Crippen LogP contribution in [0, 0.1) is 12.8 Å². The number of fused-ring (bicyclic) bond motifs is 1. The number of benzene rings is 2. The van der Waals surface area contributed by atoms with Crippen LogP contribution in [0.25, 0.3) is 0 Å². The van der Waals surface area contributed by atoms with Crippen LogP contribution in [0.3, 0.4) is 0 Å². The third-order valence-electron chi connectivity index (χ3n) is 5.54. The lowest BCUT2D eigenvalue weighted by molar-refractivity contribution is -0.114. The quantitative estimate of drug-likeness (QED) is 0.795. The first kappa shape index (κ1) is 17.0. The molecule has 1 fully saturated rings. The zero-order chi connectivity index (χ0) is 18.1. The lowest BCUT2D eigenvalue weighted by atomic mass is 9.90. The van der Waals surface area contributed by atoms with Gasteiger partial charge in [-0.2, -0.15) is 0 Å². The van der Waals surface area contributed by atoms with Gasteiger partial charge in [0.15, 0.2) is 0 Å². The molecule has 0 N–H and O–H groups in total. The molecule has 26 heavy (non-hydrogen) atoms. The van der Waals surface area contributed by atoms with Crippen molar-refractivity contribution in [1.82, 2.24) is 4.90 Å². The standard InChI is InChI=1S/C22H24N2O2/c1-16-7-8-20-19(13-16)21(25)22(26)24(20)15-23-11-9-18(10-12-23)14-17-5-3-2-4-6-17/h2-8,13,18H,9-12,14-15H2,1H3. The monoisotopic (exact) mass is 348 g/mol. The summed E-state index contributed by atoms with van der Waals surface area (Å²) in [5, 5.41) is 0. The largest absolute Gasteiger partial charge is 0.300 e. The molecule has 0 saturated carbocycles. The minimum Gasteiger partial charge on any atom is -0.291 e. The molecule has 2 heterocycles. The van der Waals surface area contributed by atoms with Crippen molar-refractivity contribution in [3.05, 3.63) is 65.2 Å². The van der Waals surface area contributed by atoms with Crippen LogP contribution in [0.4, 0.5) is 5.69 Å². The van der Waals surface area contributed by atoms with Crippen molar-refractivity contribution in [2.24, 2.45) is 5.92 Å². The van der Waals surface area contributed by atoms with Gasteiger partial charge in [0.25, 0.3) is 5.78 Å². The smallest absolute Gasteiger partial charge is 0.291 e. The number of hydrogen-bond acceptors (Lipinski definition) is 3. The molecule has 1 saturated heterocycles. The number of amides is 1. The van der Waals surface area contributed by atoms with E-state index < -0.39 is 5.91 Å². The summed E-state index contributed by atoms with van der Waals surface area (Å²) in [5.74, 6) is -0.0702. The van der Waals surface area contributed by atoms with E-state index in [0.29, 0.717) is 18.2 Å². The fourth-order valence-corrected chi connectivity index (χ4v) is 4.03. The number of nitrogens with zero attached hydrogens (tertiary/aromatic N) is 2. The molecule has 0 aromatic heterocycles. The van der Waals surface area contributed by atoms with Gasteiger partial charge in [-0.25, -0.2) is 0 Å². The number of carbonyl (C=O) groups is 2. The Balaban J connectivity index is 1.38. The van der Waals surface area contributed by atoms with E-state index in [1.54, 1.807) is 4.90 Å². The first-order valence-electron chi connectivity index (χ1n) is 9.35. The molecular weight excluding hydrogens is 324 g/mol. The van der Waals surface area contributed by atoms with E-state index >= 15 is 0 Å². The summed E-state index contributed by atoms with van der Waals surface area (Å²) in [6.07, 6.45) is 3.38. The lowest BCUT2D eigenvalue weighted by Gasteiger charge is -2.34. The van der Waals surface area contributed by atoms with Gasteiger partial charge < -0.3 is 0 Å². The highest BCUT2D eigenvalue weighted by Gasteiger charge is 2.37. The molecular formula is C22H24N2O2. The molecule has 2 aromatic rings. The number of anilines is 1. The molecule has 4 rings (SSSR count). The molecule has 2 aliphatic heterocycles. The summed E-state index contributed by atoms with van der Waals surface area (Å²) in [7, 11) is 0. The maximum Gasteiger partial charge on any atom is 0.300 e. The van der Waals surface area contributed by atoms with Gasteiger partial charge in [-0.15, -0.1) is 0 Å². The first-order chi connectivity index (χ1) is 12.6. The Morgan fingerprint density at radius 1 is 1.00 bits per heavy atom. The predicted molar refractivity (Wildman–Crippen MR) is 102 cm³/mol. The van der Waals surface area contributed by atoms with Gasteiger partial charge in [-0.3, -0.25) is 19.4 Å². The van der Waals surface area contributed by atoms with Crippen LogP contribution in [0.15, 0.2) is 48.5 Å². The van der Waals surface area contributed by atoms with E-state index in [4.69, 9.17) is 0 Å². The topological polar surface area (TPSA) is 40.6 Å². The number of ketones is 1. The normalized spacial score (nSPS) is 18.4. The fourth-order valence-electron chi connectivity index (χ4n) is 4.03. The van der Waals surface area contributed by atoms with Crippen molar-refractivity contribution in [2.45, 2.75) is 26.2 Å². The molecule has 0 atom stereocenters. The summed E-state index contributed by atoms with van der Waals surface area (Å²) >= 11 is 0. The maximum absolute atomic E-state index is 12.4. The highest BCUT2D eigenvalue weighted by atomic mass is 16.2. The van der Waals surface area contributed by atoms with Crippen LogP contribution in [0.1, 0.15) is 34.3 Å². The van der Waals surface area contributed by atoms with Gasteiger partial charge in [0.05, 0.1) is 17.9 Å². The SMILES string of the molecule is Cc1ccc2c(c1)C(=O)C(=O)N2CN1CCC(Cc2ccccc2)CC1. The van der Waals surface area contributed by atoms with Crippen molar-refractivity contribution in [3.63, 3.8) is 0 Å². The minimum atomic E-state index is -0.392.